The topological polar surface area (TPSA) is 80.5 Å². The molecule has 2 aromatic rings. The number of nitro benzene ring substituents is 1. The summed E-state index contributed by atoms with van der Waals surface area (Å²) in [6.45, 7) is 2.39. The number of benzene rings is 2. The molecule has 1 unspecified atom stereocenters. The largest absolute Gasteiger partial charge is 0.359 e. The second-order valence-electron chi connectivity index (χ2n) is 6.03. The Kier molecular flexibility index (Phi) is 4.66. The predicted molar refractivity (Wildman–Crippen MR) is 92.2 cm³/mol. The summed E-state index contributed by atoms with van der Waals surface area (Å²) in [5, 5.41) is 11.5. The standard InChI is InChI=1S/C17H16F2N2O4S/c1-11-14-5-3-2-4-12(14)8-9-20(11)15-7-6-13(10-16(15)21(22)23)26(24,25)17(18)19/h2-7,10-11,17H,8-9H2,1H3. The maximum Gasteiger partial charge on any atom is 0.341 e. The summed E-state index contributed by atoms with van der Waals surface area (Å²) >= 11 is 0. The Bertz CT molecular complexity index is 963. The van der Waals surface area contributed by atoms with Crippen LogP contribution in [-0.2, 0) is 16.3 Å². The van der Waals surface area contributed by atoms with Gasteiger partial charge in [-0.25, -0.2) is 8.42 Å². The fourth-order valence-electron chi connectivity index (χ4n) is 3.27. The molecule has 26 heavy (non-hydrogen) atoms. The minimum absolute atomic E-state index is 0.170. The lowest BCUT2D eigenvalue weighted by Crippen LogP contribution is -2.34. The molecule has 6 nitrogen and oxygen atoms in total. The van der Waals surface area contributed by atoms with Crippen molar-refractivity contribution in [1.82, 2.24) is 0 Å². The van der Waals surface area contributed by atoms with E-state index in [-0.39, 0.29) is 11.7 Å². The number of fused-ring (bicyclic) bond motifs is 1. The third-order valence-corrected chi connectivity index (χ3v) is 5.99. The van der Waals surface area contributed by atoms with Crippen LogP contribution in [0.3, 0.4) is 0 Å². The van der Waals surface area contributed by atoms with E-state index in [1.165, 1.54) is 6.07 Å². The van der Waals surface area contributed by atoms with Crippen LogP contribution >= 0.6 is 0 Å². The monoisotopic (exact) mass is 382 g/mol. The molecule has 0 spiro atoms. The van der Waals surface area contributed by atoms with Crippen molar-refractivity contribution in [3.63, 3.8) is 0 Å². The van der Waals surface area contributed by atoms with Crippen LogP contribution in [0.15, 0.2) is 47.4 Å². The molecule has 0 amide bonds. The van der Waals surface area contributed by atoms with Crippen LogP contribution < -0.4 is 4.90 Å². The van der Waals surface area contributed by atoms with Crippen LogP contribution in [0.1, 0.15) is 24.1 Å². The van der Waals surface area contributed by atoms with Crippen LogP contribution in [0.2, 0.25) is 0 Å². The summed E-state index contributed by atoms with van der Waals surface area (Å²) in [6, 6.07) is 10.5. The molecule has 0 aliphatic carbocycles. The van der Waals surface area contributed by atoms with Crippen LogP contribution in [0, 0.1) is 10.1 Å². The van der Waals surface area contributed by atoms with Gasteiger partial charge in [-0.1, -0.05) is 24.3 Å². The molecule has 0 N–H and O–H groups in total. The maximum atomic E-state index is 12.7. The normalized spacial score (nSPS) is 17.2. The van der Waals surface area contributed by atoms with Crippen molar-refractivity contribution < 1.29 is 22.1 Å². The lowest BCUT2D eigenvalue weighted by Gasteiger charge is -2.36. The van der Waals surface area contributed by atoms with E-state index >= 15 is 0 Å². The molecule has 0 aromatic heterocycles. The van der Waals surface area contributed by atoms with Gasteiger partial charge in [0.15, 0.2) is 0 Å². The highest BCUT2D eigenvalue weighted by atomic mass is 32.2. The molecule has 0 saturated heterocycles. The Balaban J connectivity index is 2.08. The van der Waals surface area contributed by atoms with Gasteiger partial charge in [-0.15, -0.1) is 0 Å². The Morgan fingerprint density at radius 1 is 1.23 bits per heavy atom. The fraction of sp³-hybridized carbons (Fsp3) is 0.294. The summed E-state index contributed by atoms with van der Waals surface area (Å²) in [7, 11) is -4.90. The highest BCUT2D eigenvalue weighted by Gasteiger charge is 2.32. The second kappa shape index (κ2) is 6.64. The lowest BCUT2D eigenvalue weighted by molar-refractivity contribution is -0.384. The zero-order chi connectivity index (χ0) is 19.1. The summed E-state index contributed by atoms with van der Waals surface area (Å²) in [5.41, 5.74) is 1.89. The zero-order valence-corrected chi connectivity index (χ0v) is 14.6. The zero-order valence-electron chi connectivity index (χ0n) is 13.8. The van der Waals surface area contributed by atoms with E-state index in [0.29, 0.717) is 19.0 Å². The molecule has 9 heteroatoms. The van der Waals surface area contributed by atoms with Crippen LogP contribution in [0.4, 0.5) is 20.2 Å². The molecule has 1 aliphatic rings. The van der Waals surface area contributed by atoms with Crippen molar-refractivity contribution in [2.24, 2.45) is 0 Å². The second-order valence-corrected chi connectivity index (χ2v) is 7.95. The molecule has 3 rings (SSSR count). The summed E-state index contributed by atoms with van der Waals surface area (Å²) in [4.78, 5) is 11.8. The van der Waals surface area contributed by atoms with E-state index in [1.54, 1.807) is 4.90 Å². The Hall–Kier alpha value is -2.55. The number of nitro groups is 1. The third kappa shape index (κ3) is 3.03. The summed E-state index contributed by atoms with van der Waals surface area (Å²) in [6.07, 6.45) is 0.675. The molecular weight excluding hydrogens is 366 g/mol. The molecule has 1 atom stereocenters. The van der Waals surface area contributed by atoms with E-state index < -0.39 is 31.1 Å². The van der Waals surface area contributed by atoms with Gasteiger partial charge >= 0.3 is 5.76 Å². The van der Waals surface area contributed by atoms with Crippen molar-refractivity contribution in [3.05, 3.63) is 63.7 Å². The highest BCUT2D eigenvalue weighted by molar-refractivity contribution is 7.91. The molecule has 138 valence electrons. The minimum atomic E-state index is -4.90. The van der Waals surface area contributed by atoms with Crippen molar-refractivity contribution >= 4 is 21.2 Å². The predicted octanol–water partition coefficient (Wildman–Crippen LogP) is 3.71. The van der Waals surface area contributed by atoms with Gasteiger partial charge in [0.25, 0.3) is 5.69 Å². The Morgan fingerprint density at radius 2 is 1.92 bits per heavy atom. The number of alkyl halides is 2. The number of hydrogen-bond donors (Lipinski definition) is 0. The van der Waals surface area contributed by atoms with Gasteiger partial charge in [-0.05, 0) is 36.6 Å². The van der Waals surface area contributed by atoms with Gasteiger partial charge in [0, 0.05) is 12.6 Å². The molecule has 1 heterocycles. The first-order valence-corrected chi connectivity index (χ1v) is 9.43. The molecule has 2 aromatic carbocycles. The minimum Gasteiger partial charge on any atom is -0.359 e. The average molecular weight is 382 g/mol. The van der Waals surface area contributed by atoms with Gasteiger partial charge in [0.05, 0.1) is 15.9 Å². The SMILES string of the molecule is CC1c2ccccc2CCN1c1ccc(S(=O)(=O)C(F)F)cc1[N+](=O)[O-]. The molecule has 0 radical (unpaired) electrons. The summed E-state index contributed by atoms with van der Waals surface area (Å²) < 4.78 is 48.8. The molecule has 0 bridgehead atoms. The Labute approximate surface area is 149 Å². The van der Waals surface area contributed by atoms with Crippen molar-refractivity contribution in [3.8, 4) is 0 Å². The third-order valence-electron chi connectivity index (χ3n) is 4.61. The first-order chi connectivity index (χ1) is 12.2. The number of anilines is 1. The number of nitrogens with zero attached hydrogens (tertiary/aromatic N) is 2. The van der Waals surface area contributed by atoms with Crippen molar-refractivity contribution in [2.75, 3.05) is 11.4 Å². The van der Waals surface area contributed by atoms with Crippen LogP contribution in [0.25, 0.3) is 0 Å². The van der Waals surface area contributed by atoms with E-state index in [0.717, 1.165) is 17.2 Å². The molecular formula is C17H16F2N2O4S. The maximum absolute atomic E-state index is 12.7. The first-order valence-electron chi connectivity index (χ1n) is 7.88. The van der Waals surface area contributed by atoms with E-state index in [1.807, 2.05) is 31.2 Å². The van der Waals surface area contributed by atoms with Crippen LogP contribution in [-0.4, -0.2) is 25.6 Å². The van der Waals surface area contributed by atoms with Gasteiger partial charge in [0.1, 0.15) is 5.69 Å². The van der Waals surface area contributed by atoms with Crippen molar-refractivity contribution in [2.45, 2.75) is 30.0 Å². The summed E-state index contributed by atoms with van der Waals surface area (Å²) in [5.74, 6) is -3.63. The number of hydrogen-bond acceptors (Lipinski definition) is 5. The molecule has 0 fully saturated rings. The molecule has 1 aliphatic heterocycles. The fourth-order valence-corrected chi connectivity index (χ4v) is 4.01. The van der Waals surface area contributed by atoms with E-state index in [2.05, 4.69) is 0 Å². The van der Waals surface area contributed by atoms with E-state index in [9.17, 15) is 27.3 Å². The van der Waals surface area contributed by atoms with Gasteiger partial charge in [-0.2, -0.15) is 8.78 Å². The van der Waals surface area contributed by atoms with Gasteiger partial charge in [0.2, 0.25) is 9.84 Å². The smallest absolute Gasteiger partial charge is 0.341 e. The average Bonchev–Trinajstić information content (AvgIpc) is 2.61. The number of sulfone groups is 1. The van der Waals surface area contributed by atoms with Crippen LogP contribution in [0.5, 0.6) is 0 Å². The van der Waals surface area contributed by atoms with Gasteiger partial charge in [-0.3, -0.25) is 10.1 Å². The Morgan fingerprint density at radius 3 is 2.58 bits per heavy atom. The lowest BCUT2D eigenvalue weighted by atomic mass is 9.93. The molecule has 0 saturated carbocycles. The van der Waals surface area contributed by atoms with Crippen molar-refractivity contribution in [1.29, 1.82) is 0 Å². The number of halogens is 2. The number of rotatable bonds is 4. The van der Waals surface area contributed by atoms with E-state index in [4.69, 9.17) is 0 Å². The van der Waals surface area contributed by atoms with Gasteiger partial charge < -0.3 is 4.90 Å². The quantitative estimate of drug-likeness (QED) is 0.595. The highest BCUT2D eigenvalue weighted by Crippen LogP contribution is 2.39. The first kappa shape index (κ1) is 18.2.